The van der Waals surface area contributed by atoms with Crippen molar-refractivity contribution in [1.29, 1.82) is 0 Å². The quantitative estimate of drug-likeness (QED) is 0.643. The van der Waals surface area contributed by atoms with Crippen molar-refractivity contribution in [2.24, 2.45) is 0 Å². The van der Waals surface area contributed by atoms with Crippen LogP contribution < -0.4 is 10.6 Å². The molecule has 0 aliphatic carbocycles. The largest absolute Gasteiger partial charge is 0.505 e. The molecule has 0 saturated heterocycles. The smallest absolute Gasteiger partial charge is 0.273 e. The predicted molar refractivity (Wildman–Crippen MR) is 90.6 cm³/mol. The molecule has 6 heteroatoms. The van der Waals surface area contributed by atoms with E-state index in [0.29, 0.717) is 6.54 Å². The number of nitrogens with zero attached hydrogens (tertiary/aromatic N) is 1. The molecule has 1 aromatic heterocycles. The zero-order chi connectivity index (χ0) is 17.2. The van der Waals surface area contributed by atoms with E-state index in [1.165, 1.54) is 23.9 Å². The molecule has 0 unspecified atom stereocenters. The van der Waals surface area contributed by atoms with Gasteiger partial charge in [0.25, 0.3) is 5.91 Å². The molecule has 3 N–H and O–H groups in total. The summed E-state index contributed by atoms with van der Waals surface area (Å²) in [5, 5.41) is 14.9. The van der Waals surface area contributed by atoms with E-state index >= 15 is 0 Å². The second-order valence-corrected chi connectivity index (χ2v) is 5.32. The van der Waals surface area contributed by atoms with Gasteiger partial charge in [0.2, 0.25) is 5.91 Å². The molecule has 0 aliphatic rings. The Bertz CT molecular complexity index is 674. The predicted octanol–water partition coefficient (Wildman–Crippen LogP) is 1.66. The van der Waals surface area contributed by atoms with Crippen LogP contribution in [0.15, 0.2) is 48.7 Å². The van der Waals surface area contributed by atoms with E-state index in [0.717, 1.165) is 12.8 Å². The first kappa shape index (κ1) is 17.5. The average molecular weight is 327 g/mol. The molecular weight excluding hydrogens is 306 g/mol. The molecular formula is C18H21N3O3. The molecule has 24 heavy (non-hydrogen) atoms. The molecule has 1 aromatic carbocycles. The number of aryl methyl sites for hydroxylation is 1. The lowest BCUT2D eigenvalue weighted by Gasteiger charge is -2.07. The summed E-state index contributed by atoms with van der Waals surface area (Å²) in [6.45, 7) is 0.794. The average Bonchev–Trinajstić information content (AvgIpc) is 2.60. The molecule has 0 spiro atoms. The van der Waals surface area contributed by atoms with Crippen molar-refractivity contribution in [3.8, 4) is 5.75 Å². The van der Waals surface area contributed by atoms with Crippen molar-refractivity contribution >= 4 is 11.8 Å². The maximum atomic E-state index is 11.8. The van der Waals surface area contributed by atoms with Crippen LogP contribution in [0.3, 0.4) is 0 Å². The van der Waals surface area contributed by atoms with Gasteiger partial charge in [0, 0.05) is 25.7 Å². The molecule has 0 saturated carbocycles. The lowest BCUT2D eigenvalue weighted by Crippen LogP contribution is -2.31. The van der Waals surface area contributed by atoms with Gasteiger partial charge in [0.05, 0.1) is 0 Å². The summed E-state index contributed by atoms with van der Waals surface area (Å²) in [7, 11) is 0. The molecule has 1 heterocycles. The van der Waals surface area contributed by atoms with Crippen molar-refractivity contribution in [3.05, 3.63) is 59.9 Å². The number of benzene rings is 1. The third-order valence-electron chi connectivity index (χ3n) is 3.45. The number of aromatic hydroxyl groups is 1. The van der Waals surface area contributed by atoms with E-state index in [-0.39, 0.29) is 30.3 Å². The van der Waals surface area contributed by atoms with Gasteiger partial charge in [-0.3, -0.25) is 9.59 Å². The number of carbonyl (C=O) groups is 2. The Balaban J connectivity index is 1.60. The SMILES string of the molecule is O=C(CCNC(=O)c1ncccc1O)NCCCc1ccccc1. The number of amides is 2. The Morgan fingerprint density at radius 1 is 1.00 bits per heavy atom. The summed E-state index contributed by atoms with van der Waals surface area (Å²) in [4.78, 5) is 27.3. The number of pyridine rings is 1. The van der Waals surface area contributed by atoms with E-state index in [1.54, 1.807) is 0 Å². The van der Waals surface area contributed by atoms with Crippen LogP contribution in [0.5, 0.6) is 5.75 Å². The fraction of sp³-hybridized carbons (Fsp3) is 0.278. The molecule has 0 aliphatic heterocycles. The topological polar surface area (TPSA) is 91.3 Å². The minimum atomic E-state index is -0.495. The van der Waals surface area contributed by atoms with E-state index in [9.17, 15) is 14.7 Å². The zero-order valence-corrected chi connectivity index (χ0v) is 13.4. The first-order valence-electron chi connectivity index (χ1n) is 7.89. The van der Waals surface area contributed by atoms with E-state index < -0.39 is 5.91 Å². The number of carbonyl (C=O) groups excluding carboxylic acids is 2. The highest BCUT2D eigenvalue weighted by Crippen LogP contribution is 2.11. The van der Waals surface area contributed by atoms with Crippen LogP contribution in [-0.4, -0.2) is 35.0 Å². The van der Waals surface area contributed by atoms with Crippen molar-refractivity contribution in [2.75, 3.05) is 13.1 Å². The van der Waals surface area contributed by atoms with E-state index in [4.69, 9.17) is 0 Å². The molecule has 0 radical (unpaired) electrons. The van der Waals surface area contributed by atoms with Crippen LogP contribution in [-0.2, 0) is 11.2 Å². The normalized spacial score (nSPS) is 10.2. The maximum absolute atomic E-state index is 11.8. The van der Waals surface area contributed by atoms with Crippen molar-refractivity contribution < 1.29 is 14.7 Å². The molecule has 0 atom stereocenters. The molecule has 2 aromatic rings. The Hall–Kier alpha value is -2.89. The highest BCUT2D eigenvalue weighted by atomic mass is 16.3. The van der Waals surface area contributed by atoms with Gasteiger partial charge in [-0.1, -0.05) is 30.3 Å². The monoisotopic (exact) mass is 327 g/mol. The van der Waals surface area contributed by atoms with Gasteiger partial charge in [-0.2, -0.15) is 0 Å². The molecule has 126 valence electrons. The number of aromatic nitrogens is 1. The summed E-state index contributed by atoms with van der Waals surface area (Å²) >= 11 is 0. The number of nitrogens with one attached hydrogen (secondary N) is 2. The minimum absolute atomic E-state index is 0.0410. The Morgan fingerprint density at radius 3 is 2.54 bits per heavy atom. The van der Waals surface area contributed by atoms with Gasteiger partial charge in [-0.25, -0.2) is 4.98 Å². The minimum Gasteiger partial charge on any atom is -0.505 e. The zero-order valence-electron chi connectivity index (χ0n) is 13.4. The number of hydrogen-bond acceptors (Lipinski definition) is 4. The van der Waals surface area contributed by atoms with E-state index in [1.807, 2.05) is 18.2 Å². The third-order valence-corrected chi connectivity index (χ3v) is 3.45. The maximum Gasteiger partial charge on any atom is 0.273 e. The fourth-order valence-electron chi connectivity index (χ4n) is 2.20. The highest BCUT2D eigenvalue weighted by Gasteiger charge is 2.11. The van der Waals surface area contributed by atoms with Crippen LogP contribution in [0.25, 0.3) is 0 Å². The van der Waals surface area contributed by atoms with Gasteiger partial charge in [-0.15, -0.1) is 0 Å². The summed E-state index contributed by atoms with van der Waals surface area (Å²) in [6, 6.07) is 13.0. The molecule has 0 fully saturated rings. The molecule has 2 rings (SSSR count). The lowest BCUT2D eigenvalue weighted by atomic mass is 10.1. The molecule has 2 amide bonds. The molecule has 6 nitrogen and oxygen atoms in total. The van der Waals surface area contributed by atoms with Gasteiger partial charge in [-0.05, 0) is 30.5 Å². The Morgan fingerprint density at radius 2 is 1.79 bits per heavy atom. The van der Waals surface area contributed by atoms with E-state index in [2.05, 4.69) is 27.8 Å². The van der Waals surface area contributed by atoms with Gasteiger partial charge in [0.15, 0.2) is 5.69 Å². The first-order valence-corrected chi connectivity index (χ1v) is 7.89. The molecule has 0 bridgehead atoms. The second-order valence-electron chi connectivity index (χ2n) is 5.32. The third kappa shape index (κ3) is 5.72. The summed E-state index contributed by atoms with van der Waals surface area (Å²) in [5.74, 6) is -0.793. The van der Waals surface area contributed by atoms with Crippen LogP contribution in [0.4, 0.5) is 0 Å². The fourth-order valence-corrected chi connectivity index (χ4v) is 2.20. The van der Waals surface area contributed by atoms with Crippen LogP contribution >= 0.6 is 0 Å². The highest BCUT2D eigenvalue weighted by molar-refractivity contribution is 5.94. The van der Waals surface area contributed by atoms with Gasteiger partial charge in [0.1, 0.15) is 5.75 Å². The number of hydrogen-bond donors (Lipinski definition) is 3. The van der Waals surface area contributed by atoms with Crippen LogP contribution in [0.2, 0.25) is 0 Å². The Labute approximate surface area is 140 Å². The number of rotatable bonds is 8. The van der Waals surface area contributed by atoms with Gasteiger partial charge >= 0.3 is 0 Å². The summed E-state index contributed by atoms with van der Waals surface area (Å²) in [6.07, 6.45) is 3.39. The Kier molecular flexibility index (Phi) is 6.76. The lowest BCUT2D eigenvalue weighted by molar-refractivity contribution is -0.120. The van der Waals surface area contributed by atoms with Gasteiger partial charge < -0.3 is 15.7 Å². The van der Waals surface area contributed by atoms with Crippen molar-refractivity contribution in [2.45, 2.75) is 19.3 Å². The summed E-state index contributed by atoms with van der Waals surface area (Å²) < 4.78 is 0. The van der Waals surface area contributed by atoms with Crippen LogP contribution in [0.1, 0.15) is 28.9 Å². The van der Waals surface area contributed by atoms with Crippen molar-refractivity contribution in [3.63, 3.8) is 0 Å². The standard InChI is InChI=1S/C18H21N3O3/c22-15-9-5-12-20-17(15)18(24)21-13-10-16(23)19-11-4-8-14-6-2-1-3-7-14/h1-3,5-7,9,12,22H,4,8,10-11,13H2,(H,19,23)(H,21,24). The summed E-state index contributed by atoms with van der Waals surface area (Å²) in [5.41, 5.74) is 1.20. The van der Waals surface area contributed by atoms with Crippen molar-refractivity contribution in [1.82, 2.24) is 15.6 Å². The second kappa shape index (κ2) is 9.29. The van der Waals surface area contributed by atoms with Crippen LogP contribution in [0, 0.1) is 0 Å². The first-order chi connectivity index (χ1) is 11.7.